The molecule has 0 bridgehead atoms. The van der Waals surface area contributed by atoms with Crippen molar-refractivity contribution < 1.29 is 14.6 Å². The van der Waals surface area contributed by atoms with Gasteiger partial charge in [-0.05, 0) is 0 Å². The Morgan fingerprint density at radius 2 is 1.47 bits per heavy atom. The summed E-state index contributed by atoms with van der Waals surface area (Å²) in [6.45, 7) is 11.5. The van der Waals surface area contributed by atoms with E-state index in [0.717, 1.165) is 0 Å². The van der Waals surface area contributed by atoms with Crippen molar-refractivity contribution in [3.8, 4) is 0 Å². The van der Waals surface area contributed by atoms with Crippen LogP contribution in [0.25, 0.3) is 0 Å². The van der Waals surface area contributed by atoms with Crippen molar-refractivity contribution in [2.45, 2.75) is 41.5 Å². The average molecular weight is 214 g/mol. The number of carbonyl (C=O) groups excluding carboxylic acids is 1. The maximum atomic E-state index is 11.8. The lowest BCUT2D eigenvalue weighted by Crippen LogP contribution is -2.21. The van der Waals surface area contributed by atoms with Crippen molar-refractivity contribution >= 4 is 5.78 Å². The number of rotatable bonds is 3. The van der Waals surface area contributed by atoms with Crippen LogP contribution in [0.1, 0.15) is 41.5 Å². The molecule has 0 aliphatic carbocycles. The number of carbonyl (C=O) groups is 1. The molecule has 15 heavy (non-hydrogen) atoms. The van der Waals surface area contributed by atoms with Crippen LogP contribution in [0, 0.1) is 10.8 Å². The first-order chi connectivity index (χ1) is 6.59. The van der Waals surface area contributed by atoms with Gasteiger partial charge >= 0.3 is 0 Å². The van der Waals surface area contributed by atoms with E-state index in [2.05, 4.69) is 4.89 Å². The first-order valence-corrected chi connectivity index (χ1v) is 5.06. The fraction of sp³-hybridized carbons (Fsp3) is 0.750. The molecule has 0 saturated carbocycles. The van der Waals surface area contributed by atoms with Gasteiger partial charge in [-0.1, -0.05) is 41.5 Å². The van der Waals surface area contributed by atoms with E-state index in [-0.39, 0.29) is 11.2 Å². The Hall–Kier alpha value is -0.830. The normalized spacial score (nSPS) is 13.9. The van der Waals surface area contributed by atoms with Crippen LogP contribution in [0.15, 0.2) is 11.8 Å². The molecule has 0 fully saturated rings. The van der Waals surface area contributed by atoms with Crippen LogP contribution in [0.5, 0.6) is 0 Å². The predicted octanol–water partition coefficient (Wildman–Crippen LogP) is 3.11. The van der Waals surface area contributed by atoms with Gasteiger partial charge in [-0.15, -0.1) is 0 Å². The minimum atomic E-state index is -0.395. The molecule has 0 saturated heterocycles. The van der Waals surface area contributed by atoms with E-state index >= 15 is 0 Å². The maximum absolute atomic E-state index is 11.8. The minimum Gasteiger partial charge on any atom is -0.342 e. The summed E-state index contributed by atoms with van der Waals surface area (Å²) in [5, 5.41) is 0. The van der Waals surface area contributed by atoms with Crippen LogP contribution in [-0.4, -0.2) is 12.9 Å². The first-order valence-electron chi connectivity index (χ1n) is 5.06. The van der Waals surface area contributed by atoms with Crippen molar-refractivity contribution in [2.75, 3.05) is 7.11 Å². The fourth-order valence-corrected chi connectivity index (χ4v) is 0.791. The van der Waals surface area contributed by atoms with Gasteiger partial charge in [0.2, 0.25) is 0 Å². The van der Waals surface area contributed by atoms with Gasteiger partial charge in [-0.3, -0.25) is 4.79 Å². The molecule has 3 heteroatoms. The van der Waals surface area contributed by atoms with E-state index in [4.69, 9.17) is 4.89 Å². The molecular weight excluding hydrogens is 192 g/mol. The molecule has 0 N–H and O–H groups in total. The molecule has 0 aliphatic rings. The highest BCUT2D eigenvalue weighted by atomic mass is 17.2. The Morgan fingerprint density at radius 1 is 1.00 bits per heavy atom. The lowest BCUT2D eigenvalue weighted by Gasteiger charge is -2.22. The highest BCUT2D eigenvalue weighted by molar-refractivity contribution is 5.94. The molecule has 0 rings (SSSR count). The van der Waals surface area contributed by atoms with Crippen LogP contribution in [0.3, 0.4) is 0 Å². The molecule has 0 aromatic rings. The second kappa shape index (κ2) is 4.79. The van der Waals surface area contributed by atoms with Gasteiger partial charge < -0.3 is 4.89 Å². The standard InChI is InChI=1S/C12H22O3/c1-11(2,3)9(13)8-10(15-14-7)12(4,5)6/h8H,1-7H3/b10-8-. The number of hydrogen-bond donors (Lipinski definition) is 0. The second-order valence-electron chi connectivity index (χ2n) is 5.62. The van der Waals surface area contributed by atoms with Gasteiger partial charge in [0, 0.05) is 16.9 Å². The molecule has 0 unspecified atom stereocenters. The third kappa shape index (κ3) is 4.98. The summed E-state index contributed by atoms with van der Waals surface area (Å²) in [6.07, 6.45) is 1.52. The highest BCUT2D eigenvalue weighted by Crippen LogP contribution is 2.28. The van der Waals surface area contributed by atoms with Gasteiger partial charge in [-0.25, -0.2) is 0 Å². The zero-order valence-corrected chi connectivity index (χ0v) is 10.8. The van der Waals surface area contributed by atoms with Crippen LogP contribution >= 0.6 is 0 Å². The fourth-order valence-electron chi connectivity index (χ4n) is 0.791. The van der Waals surface area contributed by atoms with E-state index < -0.39 is 5.41 Å². The Labute approximate surface area is 92.4 Å². The van der Waals surface area contributed by atoms with Crippen molar-refractivity contribution in [1.29, 1.82) is 0 Å². The lowest BCUT2D eigenvalue weighted by molar-refractivity contribution is -0.248. The summed E-state index contributed by atoms with van der Waals surface area (Å²) < 4.78 is 0. The molecule has 0 aliphatic heterocycles. The molecule has 0 radical (unpaired) electrons. The van der Waals surface area contributed by atoms with E-state index in [1.807, 2.05) is 41.5 Å². The van der Waals surface area contributed by atoms with Crippen LogP contribution in [0.2, 0.25) is 0 Å². The molecule has 0 amide bonds. The number of hydrogen-bond acceptors (Lipinski definition) is 3. The zero-order chi connectivity index (χ0) is 12.3. The molecule has 0 heterocycles. The predicted molar refractivity (Wildman–Crippen MR) is 60.1 cm³/mol. The number of ketones is 1. The van der Waals surface area contributed by atoms with Crippen molar-refractivity contribution in [3.05, 3.63) is 11.8 Å². The van der Waals surface area contributed by atoms with Crippen LogP contribution in [0.4, 0.5) is 0 Å². The molecular formula is C12H22O3. The Bertz CT molecular complexity index is 251. The van der Waals surface area contributed by atoms with Crippen molar-refractivity contribution in [1.82, 2.24) is 0 Å². The van der Waals surface area contributed by atoms with Crippen molar-refractivity contribution in [2.24, 2.45) is 10.8 Å². The van der Waals surface area contributed by atoms with Gasteiger partial charge in [0.05, 0.1) is 7.11 Å². The smallest absolute Gasteiger partial charge is 0.164 e. The minimum absolute atomic E-state index is 0.0319. The van der Waals surface area contributed by atoms with E-state index in [9.17, 15) is 4.79 Å². The monoisotopic (exact) mass is 214 g/mol. The topological polar surface area (TPSA) is 35.5 Å². The van der Waals surface area contributed by atoms with E-state index in [1.54, 1.807) is 0 Å². The average Bonchev–Trinajstić information content (AvgIpc) is 1.99. The molecule has 0 aromatic carbocycles. The summed E-state index contributed by atoms with van der Waals surface area (Å²) in [7, 11) is 1.43. The quantitative estimate of drug-likeness (QED) is 0.313. The second-order valence-corrected chi connectivity index (χ2v) is 5.62. The Kier molecular flexibility index (Phi) is 4.53. The SMILES string of the molecule is COO/C(=C\C(=O)C(C)(C)C)C(C)(C)C. The zero-order valence-electron chi connectivity index (χ0n) is 10.8. The molecule has 0 aromatic heterocycles. The molecule has 0 atom stereocenters. The van der Waals surface area contributed by atoms with Crippen LogP contribution < -0.4 is 0 Å². The van der Waals surface area contributed by atoms with Gasteiger partial charge in [0.15, 0.2) is 11.5 Å². The first kappa shape index (κ1) is 14.2. The van der Waals surface area contributed by atoms with Gasteiger partial charge in [0.25, 0.3) is 0 Å². The highest BCUT2D eigenvalue weighted by Gasteiger charge is 2.25. The number of allylic oxidation sites excluding steroid dienone is 2. The summed E-state index contributed by atoms with van der Waals surface area (Å²) in [5.41, 5.74) is -0.634. The van der Waals surface area contributed by atoms with Gasteiger partial charge in [-0.2, -0.15) is 4.89 Å². The molecule has 88 valence electrons. The van der Waals surface area contributed by atoms with Gasteiger partial charge in [0.1, 0.15) is 0 Å². The molecule has 3 nitrogen and oxygen atoms in total. The van der Waals surface area contributed by atoms with E-state index in [0.29, 0.717) is 5.76 Å². The third-order valence-corrected chi connectivity index (χ3v) is 1.91. The third-order valence-electron chi connectivity index (χ3n) is 1.91. The lowest BCUT2D eigenvalue weighted by atomic mass is 9.87. The van der Waals surface area contributed by atoms with E-state index in [1.165, 1.54) is 13.2 Å². The molecule has 0 spiro atoms. The largest absolute Gasteiger partial charge is 0.342 e. The summed E-state index contributed by atoms with van der Waals surface area (Å²) in [6, 6.07) is 0. The maximum Gasteiger partial charge on any atom is 0.164 e. The summed E-state index contributed by atoms with van der Waals surface area (Å²) in [5.74, 6) is 0.578. The Balaban J connectivity index is 4.94. The Morgan fingerprint density at radius 3 is 1.73 bits per heavy atom. The van der Waals surface area contributed by atoms with Crippen molar-refractivity contribution in [3.63, 3.8) is 0 Å². The summed E-state index contributed by atoms with van der Waals surface area (Å²) >= 11 is 0. The summed E-state index contributed by atoms with van der Waals surface area (Å²) in [4.78, 5) is 21.4. The van der Waals surface area contributed by atoms with Crippen LogP contribution in [-0.2, 0) is 14.6 Å².